The topological polar surface area (TPSA) is 196 Å². The SMILES string of the molecule is CC(C)N.CC(C)NC(=O)Cc1ncc(-c2ccc(S(=O)(=O)CCCC(F)(F)F)cc2)s1.CO.COC(=O)Cc1ncc(-c2ccc(S(=O)(=O)CCCC(F)(F)F)cc2)s1. The van der Waals surface area contributed by atoms with Crippen molar-refractivity contribution in [1.29, 1.82) is 0 Å². The van der Waals surface area contributed by atoms with Crippen molar-refractivity contribution in [3.05, 3.63) is 70.9 Å². The molecule has 4 aromatic rings. The number of hydrogen-bond acceptors (Lipinski definition) is 13. The Hall–Kier alpha value is -3.96. The van der Waals surface area contributed by atoms with Crippen LogP contribution in [0.1, 0.15) is 63.4 Å². The van der Waals surface area contributed by atoms with Crippen LogP contribution in [0.3, 0.4) is 0 Å². The number of methoxy groups -OCH3 is 1. The number of nitrogens with two attached hydrogens (primary N) is 1. The molecule has 22 heteroatoms. The molecule has 0 atom stereocenters. The normalized spacial score (nSPS) is 11.7. The summed E-state index contributed by atoms with van der Waals surface area (Å²) < 4.78 is 126. The summed E-state index contributed by atoms with van der Waals surface area (Å²) in [6, 6.07) is 12.1. The number of sulfone groups is 2. The molecule has 2 aromatic carbocycles. The van der Waals surface area contributed by atoms with E-state index in [0.29, 0.717) is 21.6 Å². The maximum Gasteiger partial charge on any atom is 0.389 e. The number of hydrogen-bond donors (Lipinski definition) is 3. The number of nitrogens with zero attached hydrogens (tertiary/aromatic N) is 2. The number of esters is 1. The van der Waals surface area contributed by atoms with Crippen LogP contribution in [0.2, 0.25) is 0 Å². The average molecular weight is 933 g/mol. The molecule has 0 unspecified atom stereocenters. The molecule has 4 N–H and O–H groups in total. The number of rotatable bonds is 15. The highest BCUT2D eigenvalue weighted by Gasteiger charge is 2.29. The lowest BCUT2D eigenvalue weighted by molar-refractivity contribution is -0.140. The smallest absolute Gasteiger partial charge is 0.389 e. The molecule has 60 heavy (non-hydrogen) atoms. The van der Waals surface area contributed by atoms with Gasteiger partial charge in [0.1, 0.15) is 10.0 Å². The molecule has 0 saturated carbocycles. The zero-order valence-corrected chi connectivity index (χ0v) is 37.0. The number of aliphatic hydroxyl groups is 1. The van der Waals surface area contributed by atoms with Gasteiger partial charge >= 0.3 is 18.3 Å². The molecule has 336 valence electrons. The number of halogens is 6. The number of carbonyl (C=O) groups excluding carboxylic acids is 2. The van der Waals surface area contributed by atoms with Crippen LogP contribution in [0, 0.1) is 0 Å². The highest BCUT2D eigenvalue weighted by atomic mass is 32.2. The Morgan fingerprint density at radius 1 is 0.717 bits per heavy atom. The summed E-state index contributed by atoms with van der Waals surface area (Å²) in [5.74, 6) is -1.65. The molecule has 0 spiro atoms. The second kappa shape index (κ2) is 25.1. The van der Waals surface area contributed by atoms with Gasteiger partial charge in [0.05, 0.1) is 51.0 Å². The van der Waals surface area contributed by atoms with Crippen molar-refractivity contribution in [2.75, 3.05) is 25.7 Å². The predicted molar refractivity (Wildman–Crippen MR) is 220 cm³/mol. The number of carbonyl (C=O) groups is 2. The van der Waals surface area contributed by atoms with Crippen LogP contribution < -0.4 is 11.1 Å². The monoisotopic (exact) mass is 932 g/mol. The molecule has 2 aromatic heterocycles. The van der Waals surface area contributed by atoms with Crippen LogP contribution in [0.4, 0.5) is 26.3 Å². The van der Waals surface area contributed by atoms with Crippen molar-refractivity contribution in [1.82, 2.24) is 15.3 Å². The fourth-order valence-electron chi connectivity index (χ4n) is 4.57. The predicted octanol–water partition coefficient (Wildman–Crippen LogP) is 7.60. The van der Waals surface area contributed by atoms with Crippen molar-refractivity contribution in [3.63, 3.8) is 0 Å². The highest BCUT2D eigenvalue weighted by molar-refractivity contribution is 7.91. The minimum atomic E-state index is -4.37. The molecular weight excluding hydrogens is 883 g/mol. The van der Waals surface area contributed by atoms with Crippen LogP contribution in [0.25, 0.3) is 20.9 Å². The van der Waals surface area contributed by atoms with E-state index in [1.54, 1.807) is 36.7 Å². The van der Waals surface area contributed by atoms with Gasteiger partial charge in [-0.15, -0.1) is 22.7 Å². The van der Waals surface area contributed by atoms with E-state index in [1.807, 2.05) is 27.7 Å². The van der Waals surface area contributed by atoms with E-state index >= 15 is 0 Å². The fourth-order valence-corrected chi connectivity index (χ4v) is 9.02. The Labute approximate surface area is 354 Å². The molecule has 12 nitrogen and oxygen atoms in total. The molecule has 1 amide bonds. The van der Waals surface area contributed by atoms with Gasteiger partial charge < -0.3 is 20.9 Å². The molecule has 4 rings (SSSR count). The number of nitrogens with one attached hydrogen (secondary N) is 1. The summed E-state index contributed by atoms with van der Waals surface area (Å²) in [7, 11) is -5.26. The lowest BCUT2D eigenvalue weighted by Gasteiger charge is -2.07. The lowest BCUT2D eigenvalue weighted by Crippen LogP contribution is -2.31. The maximum absolute atomic E-state index is 12.2. The quantitative estimate of drug-likeness (QED) is 0.0785. The molecule has 0 saturated heterocycles. The number of benzene rings is 2. The van der Waals surface area contributed by atoms with E-state index in [4.69, 9.17) is 10.8 Å². The summed E-state index contributed by atoms with van der Waals surface area (Å²) in [6.45, 7) is 7.62. The van der Waals surface area contributed by atoms with Crippen molar-refractivity contribution >= 4 is 54.2 Å². The molecule has 0 aliphatic heterocycles. The van der Waals surface area contributed by atoms with E-state index < -0.39 is 75.2 Å². The zero-order chi connectivity index (χ0) is 45.9. The number of thiazole rings is 2. The Balaban J connectivity index is 0.000000531. The van der Waals surface area contributed by atoms with Gasteiger partial charge in [0, 0.05) is 38.4 Å². The first kappa shape index (κ1) is 54.1. The lowest BCUT2D eigenvalue weighted by atomic mass is 10.2. The molecule has 2 heterocycles. The number of aromatic nitrogens is 2. The van der Waals surface area contributed by atoms with Crippen molar-refractivity contribution < 1.29 is 62.6 Å². The molecule has 0 radical (unpaired) electrons. The van der Waals surface area contributed by atoms with Gasteiger partial charge in [0.25, 0.3) is 0 Å². The minimum Gasteiger partial charge on any atom is -0.469 e. The van der Waals surface area contributed by atoms with Crippen molar-refractivity contribution in [3.8, 4) is 20.9 Å². The summed E-state index contributed by atoms with van der Waals surface area (Å²) in [5, 5.41) is 11.0. The van der Waals surface area contributed by atoms with Crippen molar-refractivity contribution in [2.45, 2.75) is 100 Å². The number of amides is 1. The van der Waals surface area contributed by atoms with Crippen LogP contribution in [-0.4, -0.2) is 93.9 Å². The first-order valence-corrected chi connectivity index (χ1v) is 23.0. The van der Waals surface area contributed by atoms with Gasteiger partial charge in [-0.2, -0.15) is 26.3 Å². The van der Waals surface area contributed by atoms with E-state index in [2.05, 4.69) is 20.0 Å². The largest absolute Gasteiger partial charge is 0.469 e. The number of alkyl halides is 6. The van der Waals surface area contributed by atoms with E-state index in [9.17, 15) is 52.8 Å². The van der Waals surface area contributed by atoms with E-state index in [0.717, 1.165) is 22.4 Å². The fraction of sp³-hybridized carbons (Fsp3) is 0.474. The van der Waals surface area contributed by atoms with Gasteiger partial charge in [-0.05, 0) is 68.1 Å². The zero-order valence-electron chi connectivity index (χ0n) is 33.8. The van der Waals surface area contributed by atoms with Gasteiger partial charge in [0.15, 0.2) is 19.7 Å². The first-order chi connectivity index (χ1) is 27.8. The van der Waals surface area contributed by atoms with E-state index in [-0.39, 0.29) is 34.6 Å². The standard InChI is InChI=1S/C18H21F3N2O3S2.C16H16F3NO4S2.C3H9N.CH4O/c1-12(2)23-16(24)10-17-22-11-15(27-17)13-4-6-14(7-5-13)28(25,26)9-3-8-18(19,20)21;1-24-15(21)9-14-20-10-13(25-14)11-3-5-12(6-4-11)26(22,23)8-2-7-16(17,18)19;1-3(2)4;1-2/h4-7,11-12H,3,8-10H2,1-2H3,(H,23,24);3-6,10H,2,7-9H2,1H3;3H,4H2,1-2H3;2H,1H3. The van der Waals surface area contributed by atoms with Gasteiger partial charge in [-0.3, -0.25) is 9.59 Å². The first-order valence-electron chi connectivity index (χ1n) is 18.1. The van der Waals surface area contributed by atoms with Crippen LogP contribution >= 0.6 is 22.7 Å². The third-order valence-electron chi connectivity index (χ3n) is 7.13. The van der Waals surface area contributed by atoms with Crippen molar-refractivity contribution in [2.24, 2.45) is 5.73 Å². The Kier molecular flexibility index (Phi) is 22.6. The molecule has 0 aliphatic rings. The Bertz CT molecular complexity index is 2120. The highest BCUT2D eigenvalue weighted by Crippen LogP contribution is 2.30. The van der Waals surface area contributed by atoms with Crippen LogP contribution in [-0.2, 0) is 46.8 Å². The third-order valence-corrected chi connectivity index (χ3v) is 12.9. The van der Waals surface area contributed by atoms with Gasteiger partial charge in [0.2, 0.25) is 5.91 Å². The summed E-state index contributed by atoms with van der Waals surface area (Å²) in [5.41, 5.74) is 6.54. The second-order valence-corrected chi connectivity index (χ2v) is 19.7. The average Bonchev–Trinajstić information content (AvgIpc) is 3.81. The third kappa shape index (κ3) is 21.5. The summed E-state index contributed by atoms with van der Waals surface area (Å²) >= 11 is 2.60. The Morgan fingerprint density at radius 3 is 1.38 bits per heavy atom. The molecule has 0 fully saturated rings. The summed E-state index contributed by atoms with van der Waals surface area (Å²) in [4.78, 5) is 32.8. The van der Waals surface area contributed by atoms with Crippen LogP contribution in [0.5, 0.6) is 0 Å². The Morgan fingerprint density at radius 2 is 1.07 bits per heavy atom. The number of ether oxygens (including phenoxy) is 1. The van der Waals surface area contributed by atoms with Gasteiger partial charge in [-0.25, -0.2) is 26.8 Å². The van der Waals surface area contributed by atoms with Crippen LogP contribution in [0.15, 0.2) is 70.7 Å². The number of aliphatic hydroxyl groups excluding tert-OH is 1. The molecule has 0 aliphatic carbocycles. The summed E-state index contributed by atoms with van der Waals surface area (Å²) in [6.07, 6.45) is -8.55. The second-order valence-electron chi connectivity index (χ2n) is 13.3. The minimum absolute atomic E-state index is 0.0144. The maximum atomic E-state index is 12.2. The van der Waals surface area contributed by atoms with Gasteiger partial charge in [-0.1, -0.05) is 38.1 Å². The molecule has 0 bridgehead atoms. The molecular formula is C38H50F6N4O8S4. The van der Waals surface area contributed by atoms with E-state index in [1.165, 1.54) is 54.0 Å².